The zero-order valence-electron chi connectivity index (χ0n) is 24.4. The summed E-state index contributed by atoms with van der Waals surface area (Å²) in [5.74, 6) is -0.0135. The molecule has 1 aromatic carbocycles. The summed E-state index contributed by atoms with van der Waals surface area (Å²) < 4.78 is 37.3. The van der Waals surface area contributed by atoms with E-state index in [9.17, 15) is 4.79 Å². The summed E-state index contributed by atoms with van der Waals surface area (Å²) in [6.45, 7) is 11.0. The molecule has 1 aliphatic heterocycles. The summed E-state index contributed by atoms with van der Waals surface area (Å²) in [4.78, 5) is 26.0. The Hall–Kier alpha value is -2.53. The molecule has 1 amide bonds. The zero-order chi connectivity index (χ0) is 28.8. The Morgan fingerprint density at radius 2 is 1.92 bits per heavy atom. The number of amides is 1. The van der Waals surface area contributed by atoms with E-state index in [1.165, 1.54) is 6.33 Å². The molecule has 12 heteroatoms. The van der Waals surface area contributed by atoms with Gasteiger partial charge in [-0.1, -0.05) is 25.1 Å². The molecular formula is C27H39N6O5P. The number of nitrogens with zero attached hydrogens (tertiary/aromatic N) is 5. The third-order valence-electron chi connectivity index (χ3n) is 6.32. The third-order valence-corrected chi connectivity index (χ3v) is 8.45. The highest BCUT2D eigenvalue weighted by Crippen LogP contribution is 2.50. The van der Waals surface area contributed by atoms with Crippen LogP contribution in [0.4, 0.5) is 5.82 Å². The van der Waals surface area contributed by atoms with Gasteiger partial charge in [-0.2, -0.15) is 0 Å². The van der Waals surface area contributed by atoms with E-state index >= 15 is 0 Å². The molecule has 1 fully saturated rings. The second-order valence-electron chi connectivity index (χ2n) is 9.84. The summed E-state index contributed by atoms with van der Waals surface area (Å²) in [7, 11) is 0.157. The number of nitrogens with one attached hydrogen (secondary N) is 1. The van der Waals surface area contributed by atoms with Gasteiger partial charge in [0, 0.05) is 26.1 Å². The molecule has 0 radical (unpaired) electrons. The molecule has 11 nitrogen and oxygen atoms in total. The van der Waals surface area contributed by atoms with Gasteiger partial charge in [-0.15, -0.1) is 0 Å². The minimum atomic E-state index is -1.44. The van der Waals surface area contributed by atoms with Crippen LogP contribution in [0.2, 0.25) is 0 Å². The van der Waals surface area contributed by atoms with Crippen LogP contribution in [0.3, 0.4) is 0 Å². The fourth-order valence-electron chi connectivity index (χ4n) is 4.61. The molecule has 3 heterocycles. The van der Waals surface area contributed by atoms with Crippen molar-refractivity contribution in [3.05, 3.63) is 48.5 Å². The summed E-state index contributed by atoms with van der Waals surface area (Å²) in [6.07, 6.45) is 1.45. The second kappa shape index (κ2) is 13.2. The molecule has 0 spiro atoms. The molecule has 0 aliphatic carbocycles. The minimum Gasteiger partial charge on any atom is -0.374 e. The maximum atomic E-state index is 12.8. The number of carbonyl (C=O) groups is 1. The molecule has 39 heavy (non-hydrogen) atoms. The lowest BCUT2D eigenvalue weighted by atomic mass is 10.1. The number of fused-ring (bicyclic) bond motifs is 1. The Labute approximate surface area is 232 Å². The summed E-state index contributed by atoms with van der Waals surface area (Å²) in [5, 5.41) is 2.83. The van der Waals surface area contributed by atoms with E-state index in [1.54, 1.807) is 42.3 Å². The molecule has 0 saturated carbocycles. The summed E-state index contributed by atoms with van der Waals surface area (Å²) >= 11 is 0. The predicted octanol–water partition coefficient (Wildman–Crippen LogP) is 5.17. The van der Waals surface area contributed by atoms with E-state index < -0.39 is 33.1 Å². The van der Waals surface area contributed by atoms with Gasteiger partial charge in [0.05, 0.1) is 19.0 Å². The van der Waals surface area contributed by atoms with Crippen LogP contribution in [0.15, 0.2) is 43.0 Å². The summed E-state index contributed by atoms with van der Waals surface area (Å²) in [6, 6.07) is 9.26. The number of hydrogen-bond donors (Lipinski definition) is 1. The first-order chi connectivity index (χ1) is 19.3. The fraction of sp³-hybridized carbons (Fsp3) is 0.556. The van der Waals surface area contributed by atoms with E-state index in [1.807, 2.05) is 6.07 Å². The number of benzene rings is 1. The van der Waals surface area contributed by atoms with Crippen molar-refractivity contribution < 1.29 is 24.7 Å². The highest BCUT2D eigenvalue weighted by Gasteiger charge is 2.48. The van der Waals surface area contributed by atoms with E-state index in [-0.39, 0.29) is 30.7 Å². The third kappa shape index (κ3) is 6.45. The van der Waals surface area contributed by atoms with Crippen molar-refractivity contribution in [3.8, 4) is 0 Å². The van der Waals surface area contributed by atoms with Crippen LogP contribution < -0.4 is 5.32 Å². The highest BCUT2D eigenvalue weighted by molar-refractivity contribution is 7.44. The van der Waals surface area contributed by atoms with Gasteiger partial charge in [-0.25, -0.2) is 19.6 Å². The quantitative estimate of drug-likeness (QED) is 0.300. The number of rotatable bonds is 12. The Morgan fingerprint density at radius 1 is 1.18 bits per heavy atom. The first-order valence-corrected chi connectivity index (χ1v) is 14.3. The molecule has 5 atom stereocenters. The maximum Gasteiger partial charge on any atom is 0.259 e. The van der Waals surface area contributed by atoms with Crippen LogP contribution in [0.25, 0.3) is 11.2 Å². The number of hydrogen-bond acceptors (Lipinski definition) is 9. The first kappa shape index (κ1) is 28.0. The van der Waals surface area contributed by atoms with Gasteiger partial charge in [0.2, 0.25) is 0 Å². The molecule has 1 saturated heterocycles. The predicted molar refractivity (Wildman–Crippen MR) is 150 cm³/mol. The van der Waals surface area contributed by atoms with Crippen LogP contribution in [0.1, 0.15) is 65.9 Å². The Kier molecular flexibility index (Phi) is 9.49. The number of ether oxygens (including phenoxy) is 2. The Bertz CT molecular complexity index is 1240. The van der Waals surface area contributed by atoms with E-state index in [4.69, 9.17) is 19.9 Å². The molecule has 1 aliphatic rings. The molecule has 1 N–H and O–H groups in total. The normalized spacial score (nSPS) is 22.6. The number of imidazole rings is 1. The molecule has 0 bridgehead atoms. The van der Waals surface area contributed by atoms with Gasteiger partial charge in [0.1, 0.15) is 18.5 Å². The van der Waals surface area contributed by atoms with E-state index in [0.717, 1.165) is 6.42 Å². The van der Waals surface area contributed by atoms with Crippen LogP contribution >= 0.6 is 8.53 Å². The lowest BCUT2D eigenvalue weighted by molar-refractivity contribution is -0.0466. The largest absolute Gasteiger partial charge is 0.374 e. The monoisotopic (exact) mass is 559 g/mol. The van der Waals surface area contributed by atoms with E-state index in [0.29, 0.717) is 23.3 Å². The smallest absolute Gasteiger partial charge is 0.259 e. The van der Waals surface area contributed by atoms with Crippen molar-refractivity contribution in [1.82, 2.24) is 24.2 Å². The van der Waals surface area contributed by atoms with Gasteiger partial charge in [-0.05, 0) is 53.1 Å². The van der Waals surface area contributed by atoms with Crippen LogP contribution in [0, 0.1) is 0 Å². The molecule has 4 rings (SSSR count). The Morgan fingerprint density at radius 3 is 2.56 bits per heavy atom. The van der Waals surface area contributed by atoms with Crippen molar-refractivity contribution >= 4 is 31.4 Å². The average molecular weight is 560 g/mol. The van der Waals surface area contributed by atoms with Crippen molar-refractivity contribution in [2.45, 2.75) is 84.6 Å². The fourth-order valence-corrected chi connectivity index (χ4v) is 6.47. The topological polar surface area (TPSA) is 113 Å². The average Bonchev–Trinajstić information content (AvgIpc) is 3.53. The maximum absolute atomic E-state index is 12.8. The van der Waals surface area contributed by atoms with Gasteiger partial charge in [0.25, 0.3) is 14.4 Å². The number of anilines is 1. The van der Waals surface area contributed by atoms with Crippen LogP contribution in [0.5, 0.6) is 0 Å². The van der Waals surface area contributed by atoms with Gasteiger partial charge in [0.15, 0.2) is 23.2 Å². The number of aromatic nitrogens is 4. The van der Waals surface area contributed by atoms with Gasteiger partial charge >= 0.3 is 0 Å². The highest BCUT2D eigenvalue weighted by atomic mass is 31.2. The molecule has 3 aromatic rings. The SMILES string of the molecule is [2H]CC1OC(n2cnc3c(NC(=O)c4ccccc4)ncnc32)C(OC)C1OP(OCCC)N(C(C)C)C(C)C. The van der Waals surface area contributed by atoms with Crippen LogP contribution in [-0.4, -0.2) is 74.2 Å². The van der Waals surface area contributed by atoms with Gasteiger partial charge in [-0.3, -0.25) is 9.36 Å². The first-order valence-electron chi connectivity index (χ1n) is 13.9. The van der Waals surface area contributed by atoms with Crippen molar-refractivity contribution in [3.63, 3.8) is 0 Å². The molecule has 5 unspecified atom stereocenters. The number of carbonyl (C=O) groups excluding carboxylic acids is 1. The lowest BCUT2D eigenvalue weighted by Crippen LogP contribution is -2.39. The standard InChI is InChI=1S/C27H39N6O5P/c1-8-14-36-39(33(17(2)3)18(4)5)38-22-19(6)37-27(23(22)35-7)32-16-30-21-24(28-15-29-25(21)32)31-26(34)20-12-10-9-11-13-20/h9-13,15-19,22-23,27H,8,14H2,1-7H3,(H,28,29,31,34)/i6D. The lowest BCUT2D eigenvalue weighted by Gasteiger charge is -2.38. The zero-order valence-corrected chi connectivity index (χ0v) is 24.2. The molecule has 2 aromatic heterocycles. The van der Waals surface area contributed by atoms with Gasteiger partial charge < -0.3 is 23.8 Å². The minimum absolute atomic E-state index is 0.0265. The van der Waals surface area contributed by atoms with Crippen molar-refractivity contribution in [1.29, 1.82) is 0 Å². The summed E-state index contributed by atoms with van der Waals surface area (Å²) in [5.41, 5.74) is 1.38. The molecular weight excluding hydrogens is 519 g/mol. The Balaban J connectivity index is 1.62. The second-order valence-corrected chi connectivity index (χ2v) is 11.2. The number of methoxy groups -OCH3 is 1. The van der Waals surface area contributed by atoms with E-state index in [2.05, 4.69) is 59.6 Å². The van der Waals surface area contributed by atoms with Crippen molar-refractivity contribution in [2.75, 3.05) is 19.0 Å². The van der Waals surface area contributed by atoms with Crippen molar-refractivity contribution in [2.24, 2.45) is 0 Å². The molecule has 212 valence electrons. The van der Waals surface area contributed by atoms with Crippen LogP contribution in [-0.2, 0) is 18.5 Å².